The molecule has 3 aromatic heterocycles. The van der Waals surface area contributed by atoms with Crippen molar-refractivity contribution in [3.8, 4) is 34.2 Å². The number of aromatic nitrogens is 5. The second kappa shape index (κ2) is 11.4. The van der Waals surface area contributed by atoms with Crippen molar-refractivity contribution in [1.82, 2.24) is 24.3 Å². The average Bonchev–Trinajstić information content (AvgIpc) is 3.46. The van der Waals surface area contributed by atoms with Crippen LogP contribution < -0.4 is 5.56 Å². The van der Waals surface area contributed by atoms with Crippen LogP contribution in [0.5, 0.6) is 5.88 Å². The largest absolute Gasteiger partial charge is 0.493 e. The van der Waals surface area contributed by atoms with Crippen molar-refractivity contribution >= 4 is 0 Å². The van der Waals surface area contributed by atoms with Crippen molar-refractivity contribution in [3.63, 3.8) is 0 Å². The first-order valence-corrected chi connectivity index (χ1v) is 13.7. The number of rotatable bonds is 8. The zero-order valence-corrected chi connectivity index (χ0v) is 23.4. The smallest absolute Gasteiger partial charge is 0.265 e. The van der Waals surface area contributed by atoms with Crippen molar-refractivity contribution in [2.45, 2.75) is 53.5 Å². The summed E-state index contributed by atoms with van der Waals surface area (Å²) >= 11 is 0. The molecule has 0 saturated carbocycles. The number of hydrogen-bond donors (Lipinski definition) is 1. The lowest BCUT2D eigenvalue weighted by Crippen LogP contribution is -2.27. The Hall–Kier alpha value is -4.66. The van der Waals surface area contributed by atoms with Crippen LogP contribution in [-0.2, 0) is 25.8 Å². The minimum atomic E-state index is -0.662. The van der Waals surface area contributed by atoms with Crippen LogP contribution in [-0.4, -0.2) is 29.4 Å². The molecule has 0 aliphatic heterocycles. The maximum absolute atomic E-state index is 15.3. The van der Waals surface area contributed by atoms with Gasteiger partial charge >= 0.3 is 0 Å². The van der Waals surface area contributed by atoms with Gasteiger partial charge in [-0.15, -0.1) is 0 Å². The fourth-order valence-corrected chi connectivity index (χ4v) is 5.13. The van der Waals surface area contributed by atoms with Gasteiger partial charge in [0.25, 0.3) is 5.56 Å². The number of nitrogens with zero attached hydrogens (tertiary/aromatic N) is 5. The van der Waals surface area contributed by atoms with Gasteiger partial charge in [0.1, 0.15) is 11.5 Å². The first-order valence-electron chi connectivity index (χ1n) is 13.7. The van der Waals surface area contributed by atoms with Gasteiger partial charge in [-0.25, -0.2) is 9.37 Å². The van der Waals surface area contributed by atoms with E-state index in [-0.39, 0.29) is 28.9 Å². The number of aromatic hydroxyl groups is 1. The van der Waals surface area contributed by atoms with E-state index < -0.39 is 23.2 Å². The summed E-state index contributed by atoms with van der Waals surface area (Å²) in [4.78, 5) is 22.3. The molecule has 5 rings (SSSR count). The molecule has 0 spiro atoms. The number of benzene rings is 2. The lowest BCUT2D eigenvalue weighted by Gasteiger charge is -2.19. The molecule has 41 heavy (non-hydrogen) atoms. The van der Waals surface area contributed by atoms with Gasteiger partial charge in [-0.1, -0.05) is 44.2 Å². The van der Waals surface area contributed by atoms with Crippen LogP contribution >= 0.6 is 0 Å². The van der Waals surface area contributed by atoms with Crippen molar-refractivity contribution in [2.24, 2.45) is 0 Å². The second-order valence-electron chi connectivity index (χ2n) is 9.83. The molecule has 2 aromatic carbocycles. The Labute approximate surface area is 236 Å². The van der Waals surface area contributed by atoms with Gasteiger partial charge in [0, 0.05) is 36.5 Å². The Morgan fingerprint density at radius 1 is 0.951 bits per heavy atom. The maximum atomic E-state index is 15.3. The Kier molecular flexibility index (Phi) is 7.79. The summed E-state index contributed by atoms with van der Waals surface area (Å²) in [5, 5.41) is 15.6. The second-order valence-corrected chi connectivity index (χ2v) is 9.83. The molecule has 0 amide bonds. The Morgan fingerprint density at radius 3 is 2.32 bits per heavy atom. The summed E-state index contributed by atoms with van der Waals surface area (Å²) in [7, 11) is 0. The van der Waals surface area contributed by atoms with E-state index in [1.165, 1.54) is 16.8 Å². The summed E-state index contributed by atoms with van der Waals surface area (Å²) in [6.07, 6.45) is 4.38. The summed E-state index contributed by atoms with van der Waals surface area (Å²) in [5.74, 6) is -1.44. The molecular formula is C32H31F2N5O2. The van der Waals surface area contributed by atoms with Crippen LogP contribution in [0.4, 0.5) is 8.78 Å². The third kappa shape index (κ3) is 5.15. The van der Waals surface area contributed by atoms with Gasteiger partial charge in [0.2, 0.25) is 11.8 Å². The van der Waals surface area contributed by atoms with Crippen molar-refractivity contribution in [1.29, 1.82) is 0 Å². The molecule has 0 radical (unpaired) electrons. The molecule has 0 atom stereocenters. The molecule has 0 aliphatic carbocycles. The van der Waals surface area contributed by atoms with E-state index in [0.29, 0.717) is 41.9 Å². The van der Waals surface area contributed by atoms with Gasteiger partial charge in [-0.2, -0.15) is 14.5 Å². The third-order valence-electron chi connectivity index (χ3n) is 7.38. The minimum absolute atomic E-state index is 0.0370. The topological polar surface area (TPSA) is 85.8 Å². The summed E-state index contributed by atoms with van der Waals surface area (Å²) in [5.41, 5.74) is 3.98. The van der Waals surface area contributed by atoms with Gasteiger partial charge in [0.05, 0.1) is 11.3 Å². The zero-order valence-electron chi connectivity index (χ0n) is 23.4. The van der Waals surface area contributed by atoms with E-state index in [4.69, 9.17) is 0 Å². The van der Waals surface area contributed by atoms with Crippen LogP contribution in [0.15, 0.2) is 65.7 Å². The molecule has 3 heterocycles. The van der Waals surface area contributed by atoms with Crippen LogP contribution in [0.3, 0.4) is 0 Å². The van der Waals surface area contributed by atoms with E-state index in [2.05, 4.69) is 15.1 Å². The van der Waals surface area contributed by atoms with Crippen molar-refractivity contribution in [3.05, 3.63) is 111 Å². The predicted octanol–water partition coefficient (Wildman–Crippen LogP) is 6.19. The maximum Gasteiger partial charge on any atom is 0.265 e. The number of halogens is 2. The van der Waals surface area contributed by atoms with E-state index >= 15 is 4.39 Å². The van der Waals surface area contributed by atoms with E-state index in [0.717, 1.165) is 11.1 Å². The molecule has 0 unspecified atom stereocenters. The molecule has 210 valence electrons. The SMILES string of the molecule is CCc1cccc(CC)c1-n1c(-c2ccn(CC)n2)nc(O)c(Cc2ccc(-c3ccnc(F)c3C)c(F)c2)c1=O. The molecule has 0 saturated heterocycles. The van der Waals surface area contributed by atoms with Crippen LogP contribution in [0.2, 0.25) is 0 Å². The van der Waals surface area contributed by atoms with E-state index in [1.807, 2.05) is 39.0 Å². The number of para-hydroxylation sites is 1. The highest BCUT2D eigenvalue weighted by molar-refractivity contribution is 5.68. The lowest BCUT2D eigenvalue weighted by atomic mass is 9.98. The average molecular weight is 556 g/mol. The molecule has 7 nitrogen and oxygen atoms in total. The predicted molar refractivity (Wildman–Crippen MR) is 154 cm³/mol. The number of hydrogen-bond acceptors (Lipinski definition) is 5. The molecule has 9 heteroatoms. The van der Waals surface area contributed by atoms with Gasteiger partial charge in [-0.05, 0) is 67.1 Å². The van der Waals surface area contributed by atoms with E-state index in [9.17, 15) is 14.3 Å². The number of aryl methyl sites for hydroxylation is 3. The van der Waals surface area contributed by atoms with E-state index in [1.54, 1.807) is 42.1 Å². The number of pyridine rings is 1. The summed E-state index contributed by atoms with van der Waals surface area (Å²) in [6.45, 7) is 8.17. The standard InChI is InChI=1S/C32H31F2N5O2/c1-5-21-9-8-10-22(6-2)28(21)39-30(27-14-16-38(7-3)37-27)36-31(40)25(32(39)41)17-20-11-12-24(26(33)18-20)23-13-15-35-29(34)19(23)4/h8-16,18,40H,5-7,17H2,1-4H3. The Morgan fingerprint density at radius 2 is 1.68 bits per heavy atom. The van der Waals surface area contributed by atoms with Crippen molar-refractivity contribution in [2.75, 3.05) is 0 Å². The first kappa shape index (κ1) is 27.9. The first-order chi connectivity index (χ1) is 19.8. The summed E-state index contributed by atoms with van der Waals surface area (Å²) < 4.78 is 32.6. The Bertz CT molecular complexity index is 1790. The van der Waals surface area contributed by atoms with Crippen LogP contribution in [0, 0.1) is 18.7 Å². The zero-order chi connectivity index (χ0) is 29.3. The highest BCUT2D eigenvalue weighted by Crippen LogP contribution is 2.30. The molecule has 0 fully saturated rings. The highest BCUT2D eigenvalue weighted by Gasteiger charge is 2.24. The highest BCUT2D eigenvalue weighted by atomic mass is 19.1. The molecule has 1 N–H and O–H groups in total. The molecule has 5 aromatic rings. The monoisotopic (exact) mass is 555 g/mol. The van der Waals surface area contributed by atoms with Gasteiger partial charge in [-0.3, -0.25) is 14.0 Å². The molecular weight excluding hydrogens is 524 g/mol. The lowest BCUT2D eigenvalue weighted by molar-refractivity contribution is 0.443. The van der Waals surface area contributed by atoms with Crippen LogP contribution in [0.1, 0.15) is 48.6 Å². The fourth-order valence-electron chi connectivity index (χ4n) is 5.13. The molecule has 0 aliphatic rings. The van der Waals surface area contributed by atoms with Crippen molar-refractivity contribution < 1.29 is 13.9 Å². The minimum Gasteiger partial charge on any atom is -0.493 e. The molecule has 0 bridgehead atoms. The van der Waals surface area contributed by atoms with Crippen LogP contribution in [0.25, 0.3) is 28.3 Å². The third-order valence-corrected chi connectivity index (χ3v) is 7.38. The Balaban J connectivity index is 1.68. The fraction of sp³-hybridized carbons (Fsp3) is 0.250. The normalized spacial score (nSPS) is 11.3. The quantitative estimate of drug-likeness (QED) is 0.231. The summed E-state index contributed by atoms with van der Waals surface area (Å²) in [6, 6.07) is 13.7. The van der Waals surface area contributed by atoms with Gasteiger partial charge in [0.15, 0.2) is 5.82 Å². The van der Waals surface area contributed by atoms with Gasteiger partial charge < -0.3 is 5.11 Å².